The smallest absolute Gasteiger partial charge is 0.328 e. The molecule has 3 heterocycles. The van der Waals surface area contributed by atoms with Crippen LogP contribution in [0.2, 0.25) is 0 Å². The Balaban J connectivity index is 0.00000387. The summed E-state index contributed by atoms with van der Waals surface area (Å²) >= 11 is 0. The van der Waals surface area contributed by atoms with Crippen LogP contribution in [0.4, 0.5) is 13.6 Å². The second kappa shape index (κ2) is 12.2. The molecule has 1 spiro atoms. The number of carbonyl (C=O) groups excluding carboxylic acids is 3. The minimum Gasteiger partial charge on any atom is -0.349 e. The second-order valence-electron chi connectivity index (χ2n) is 13.0. The summed E-state index contributed by atoms with van der Waals surface area (Å²) in [5.74, 6) is -3.23. The molecule has 2 unspecified atom stereocenters. The Labute approximate surface area is 248 Å². The number of rotatable bonds is 8. The lowest BCUT2D eigenvalue weighted by molar-refractivity contribution is -0.139. The van der Waals surface area contributed by atoms with Crippen molar-refractivity contribution in [1.82, 2.24) is 20.0 Å². The number of alkyl halides is 2. The molecule has 4 fully saturated rings. The van der Waals surface area contributed by atoms with E-state index in [0.29, 0.717) is 19.3 Å². The van der Waals surface area contributed by atoms with E-state index in [1.54, 1.807) is 0 Å². The van der Waals surface area contributed by atoms with E-state index >= 15 is 0 Å². The Morgan fingerprint density at radius 3 is 2.07 bits per heavy atom. The molecule has 0 aromatic heterocycles. The highest BCUT2D eigenvalue weighted by Gasteiger charge is 2.63. The predicted octanol–water partition coefficient (Wildman–Crippen LogP) is 5.93. The number of nitrogens with zero attached hydrogens (tertiary/aromatic N) is 3. The van der Waals surface area contributed by atoms with Crippen molar-refractivity contribution in [3.8, 4) is 0 Å². The van der Waals surface area contributed by atoms with Crippen LogP contribution in [0.25, 0.3) is 0 Å². The third kappa shape index (κ3) is 5.99. The summed E-state index contributed by atoms with van der Waals surface area (Å²) in [7, 11) is 0. The first kappa shape index (κ1) is 31.7. The van der Waals surface area contributed by atoms with Gasteiger partial charge >= 0.3 is 6.03 Å². The molecule has 5 rings (SSSR count). The number of urea groups is 1. The fraction of sp³-hybridized carbons (Fsp3) is 0.710. The molecule has 41 heavy (non-hydrogen) atoms. The Kier molecular flexibility index (Phi) is 9.39. The normalized spacial score (nSPS) is 29.0. The van der Waals surface area contributed by atoms with E-state index in [0.717, 1.165) is 24.9 Å². The van der Waals surface area contributed by atoms with Crippen LogP contribution in [-0.4, -0.2) is 74.7 Å². The van der Waals surface area contributed by atoms with Crippen molar-refractivity contribution in [2.45, 2.75) is 127 Å². The first-order valence-corrected chi connectivity index (χ1v) is 15.1. The van der Waals surface area contributed by atoms with Crippen molar-refractivity contribution in [2.75, 3.05) is 6.54 Å². The lowest BCUT2D eigenvalue weighted by atomic mass is 9.80. The van der Waals surface area contributed by atoms with Crippen LogP contribution < -0.4 is 5.32 Å². The minimum absolute atomic E-state index is 0. The molecular weight excluding hydrogens is 550 g/mol. The molecule has 4 aliphatic rings. The van der Waals surface area contributed by atoms with Gasteiger partial charge in [0.15, 0.2) is 0 Å². The Hall–Kier alpha value is -2.26. The zero-order valence-electron chi connectivity index (χ0n) is 24.7. The molecule has 228 valence electrons. The van der Waals surface area contributed by atoms with E-state index in [1.165, 1.54) is 4.90 Å². The number of hydrogen-bond donors (Lipinski definition) is 1. The van der Waals surface area contributed by atoms with Crippen molar-refractivity contribution in [1.29, 1.82) is 0 Å². The van der Waals surface area contributed by atoms with Gasteiger partial charge in [0, 0.05) is 49.5 Å². The van der Waals surface area contributed by atoms with E-state index in [4.69, 9.17) is 0 Å². The van der Waals surface area contributed by atoms with Gasteiger partial charge in [-0.2, -0.15) is 0 Å². The van der Waals surface area contributed by atoms with Crippen LogP contribution in [0, 0.1) is 5.92 Å². The first-order valence-electron chi connectivity index (χ1n) is 15.1. The molecule has 3 aliphatic heterocycles. The summed E-state index contributed by atoms with van der Waals surface area (Å²) in [6, 6.07) is 9.60. The number of hydrogen-bond acceptors (Lipinski definition) is 4. The van der Waals surface area contributed by atoms with Crippen LogP contribution in [-0.2, 0) is 9.59 Å². The predicted molar refractivity (Wildman–Crippen MR) is 156 cm³/mol. The van der Waals surface area contributed by atoms with E-state index < -0.39 is 11.5 Å². The Morgan fingerprint density at radius 2 is 1.54 bits per heavy atom. The highest BCUT2D eigenvalue weighted by atomic mass is 35.5. The minimum atomic E-state index is -2.66. The van der Waals surface area contributed by atoms with Gasteiger partial charge in [0.2, 0.25) is 11.8 Å². The molecule has 3 saturated heterocycles. The van der Waals surface area contributed by atoms with Crippen molar-refractivity contribution in [3.05, 3.63) is 35.9 Å². The van der Waals surface area contributed by atoms with Gasteiger partial charge in [0.1, 0.15) is 5.54 Å². The van der Waals surface area contributed by atoms with Gasteiger partial charge in [-0.1, -0.05) is 30.3 Å². The SMILES string of the molecule is CC(C)N1C(=O)N(C(C)C)C2(CC3CCC(C2)N3CC[C@H](NC(=O)C2CCC(F)(F)CC2)c2ccccc2)C1=O.Cl. The van der Waals surface area contributed by atoms with Crippen LogP contribution in [0.1, 0.15) is 97.1 Å². The Bertz CT molecular complexity index is 1090. The number of amides is 4. The van der Waals surface area contributed by atoms with Gasteiger partial charge in [-0.15, -0.1) is 12.4 Å². The zero-order chi connectivity index (χ0) is 28.8. The average Bonchev–Trinajstić information content (AvgIpc) is 3.26. The summed E-state index contributed by atoms with van der Waals surface area (Å²) < 4.78 is 27.4. The fourth-order valence-electron chi connectivity index (χ4n) is 7.81. The summed E-state index contributed by atoms with van der Waals surface area (Å²) in [5, 5.41) is 3.20. The molecule has 1 saturated carbocycles. The number of piperidine rings is 1. The van der Waals surface area contributed by atoms with Gasteiger partial charge in [-0.25, -0.2) is 13.6 Å². The maximum absolute atomic E-state index is 13.8. The quantitative estimate of drug-likeness (QED) is 0.379. The number of fused-ring (bicyclic) bond motifs is 2. The molecule has 7 nitrogen and oxygen atoms in total. The lowest BCUT2D eigenvalue weighted by Gasteiger charge is -2.48. The van der Waals surface area contributed by atoms with Crippen LogP contribution in [0.3, 0.4) is 0 Å². The van der Waals surface area contributed by atoms with Gasteiger partial charge in [0.05, 0.1) is 6.04 Å². The summed E-state index contributed by atoms with van der Waals surface area (Å²) in [6.07, 6.45) is 3.89. The molecule has 10 heteroatoms. The maximum Gasteiger partial charge on any atom is 0.328 e. The topological polar surface area (TPSA) is 73.0 Å². The highest BCUT2D eigenvalue weighted by Crippen LogP contribution is 2.48. The number of halogens is 3. The van der Waals surface area contributed by atoms with Crippen molar-refractivity contribution in [2.24, 2.45) is 5.92 Å². The number of benzene rings is 1. The van der Waals surface area contributed by atoms with E-state index in [2.05, 4.69) is 10.2 Å². The molecule has 3 atom stereocenters. The second-order valence-corrected chi connectivity index (χ2v) is 13.0. The van der Waals surface area contributed by atoms with Crippen molar-refractivity contribution >= 4 is 30.3 Å². The van der Waals surface area contributed by atoms with E-state index in [-0.39, 0.29) is 92.1 Å². The largest absolute Gasteiger partial charge is 0.349 e. The van der Waals surface area contributed by atoms with Crippen LogP contribution in [0.15, 0.2) is 30.3 Å². The van der Waals surface area contributed by atoms with E-state index in [9.17, 15) is 23.2 Å². The number of imide groups is 1. The van der Waals surface area contributed by atoms with Crippen LogP contribution in [0.5, 0.6) is 0 Å². The van der Waals surface area contributed by atoms with Crippen molar-refractivity contribution < 1.29 is 23.2 Å². The molecule has 1 N–H and O–H groups in total. The standard InChI is InChI=1S/C31H44F2N4O3.ClH/c1-20(2)36-28(39)30(37(21(3)4)29(36)40)18-24-10-11-25(19-30)35(24)17-14-26(22-8-6-5-7-9-22)34-27(38)23-12-15-31(32,33)16-13-23;/h5-9,20-21,23-26H,10-19H2,1-4H3,(H,34,38);1H/t24?,25?,26-,30?;/m0./s1. The van der Waals surface area contributed by atoms with Crippen molar-refractivity contribution in [3.63, 3.8) is 0 Å². The number of nitrogens with one attached hydrogen (secondary N) is 1. The van der Waals surface area contributed by atoms with Gasteiger partial charge < -0.3 is 10.2 Å². The molecule has 1 aromatic carbocycles. The highest BCUT2D eigenvalue weighted by molar-refractivity contribution is 6.07. The molecule has 0 radical (unpaired) electrons. The van der Waals surface area contributed by atoms with Gasteiger partial charge in [-0.3, -0.25) is 19.4 Å². The molecule has 1 aromatic rings. The fourth-order valence-corrected chi connectivity index (χ4v) is 7.81. The molecule has 4 amide bonds. The first-order chi connectivity index (χ1) is 18.9. The molecule has 1 aliphatic carbocycles. The molecule has 2 bridgehead atoms. The lowest BCUT2D eigenvalue weighted by Crippen LogP contribution is -2.61. The van der Waals surface area contributed by atoms with Crippen LogP contribution >= 0.6 is 12.4 Å². The zero-order valence-corrected chi connectivity index (χ0v) is 25.5. The maximum atomic E-state index is 13.8. The number of carbonyl (C=O) groups is 3. The van der Waals surface area contributed by atoms with Gasteiger partial charge in [0.25, 0.3) is 5.91 Å². The third-order valence-corrected chi connectivity index (χ3v) is 9.72. The summed E-state index contributed by atoms with van der Waals surface area (Å²) in [5.41, 5.74) is 0.224. The monoisotopic (exact) mass is 594 g/mol. The molecular formula is C31H45ClF2N4O3. The summed E-state index contributed by atoms with van der Waals surface area (Å²) in [4.78, 5) is 46.1. The Morgan fingerprint density at radius 1 is 0.951 bits per heavy atom. The summed E-state index contributed by atoms with van der Waals surface area (Å²) in [6.45, 7) is 8.53. The van der Waals surface area contributed by atoms with Gasteiger partial charge in [-0.05, 0) is 78.2 Å². The average molecular weight is 595 g/mol. The third-order valence-electron chi connectivity index (χ3n) is 9.72. The van der Waals surface area contributed by atoms with E-state index in [1.807, 2.05) is 62.9 Å².